The van der Waals surface area contributed by atoms with Gasteiger partial charge in [-0.25, -0.2) is 4.79 Å². The first-order chi connectivity index (χ1) is 6.57. The lowest BCUT2D eigenvalue weighted by atomic mass is 10.4. The van der Waals surface area contributed by atoms with Gasteiger partial charge < -0.3 is 9.26 Å². The molecular weight excluding hydrogens is 203 g/mol. The SMILES string of the molecule is CCOC(=O)C(C)OP1(=O)CC=CC1. The highest BCUT2D eigenvalue weighted by Gasteiger charge is 2.29. The fourth-order valence-electron chi connectivity index (χ4n) is 1.22. The molecule has 0 aromatic heterocycles. The first-order valence-corrected chi connectivity index (χ1v) is 6.65. The molecule has 0 aromatic rings. The monoisotopic (exact) mass is 218 g/mol. The van der Waals surface area contributed by atoms with Crippen molar-refractivity contribution in [2.75, 3.05) is 18.9 Å². The lowest BCUT2D eigenvalue weighted by Crippen LogP contribution is -2.22. The third-order valence-electron chi connectivity index (χ3n) is 1.90. The Hall–Kier alpha value is -0.600. The number of rotatable bonds is 4. The van der Waals surface area contributed by atoms with Crippen molar-refractivity contribution in [3.05, 3.63) is 12.2 Å². The molecule has 0 N–H and O–H groups in total. The molecule has 0 fully saturated rings. The summed E-state index contributed by atoms with van der Waals surface area (Å²) in [5, 5.41) is 0. The van der Waals surface area contributed by atoms with Gasteiger partial charge in [-0.15, -0.1) is 0 Å². The van der Waals surface area contributed by atoms with Crippen molar-refractivity contribution >= 4 is 13.3 Å². The minimum Gasteiger partial charge on any atom is -0.464 e. The molecule has 1 aliphatic heterocycles. The average molecular weight is 218 g/mol. The molecular formula is C9H15O4P. The second-order valence-corrected chi connectivity index (χ2v) is 5.72. The number of esters is 1. The zero-order valence-corrected chi connectivity index (χ0v) is 9.33. The van der Waals surface area contributed by atoms with Crippen molar-refractivity contribution < 1.29 is 18.6 Å². The smallest absolute Gasteiger partial charge is 0.335 e. The number of allylic oxidation sites excluding steroid dienone is 2. The van der Waals surface area contributed by atoms with Crippen LogP contribution in [-0.4, -0.2) is 31.0 Å². The van der Waals surface area contributed by atoms with Crippen LogP contribution < -0.4 is 0 Å². The second-order valence-electron chi connectivity index (χ2n) is 3.15. The van der Waals surface area contributed by atoms with Gasteiger partial charge in [0.1, 0.15) is 0 Å². The van der Waals surface area contributed by atoms with Crippen molar-refractivity contribution in [3.8, 4) is 0 Å². The van der Waals surface area contributed by atoms with Crippen molar-refractivity contribution in [1.29, 1.82) is 0 Å². The summed E-state index contributed by atoms with van der Waals surface area (Å²) in [5.74, 6) is -0.449. The molecule has 0 spiro atoms. The Labute approximate surface area is 83.7 Å². The van der Waals surface area contributed by atoms with Gasteiger partial charge in [-0.2, -0.15) is 0 Å². The average Bonchev–Trinajstić information content (AvgIpc) is 2.52. The van der Waals surface area contributed by atoms with Gasteiger partial charge in [-0.1, -0.05) is 12.2 Å². The van der Waals surface area contributed by atoms with E-state index >= 15 is 0 Å². The molecule has 80 valence electrons. The molecule has 0 aromatic carbocycles. The summed E-state index contributed by atoms with van der Waals surface area (Å²) in [6.45, 7) is 3.61. The minimum absolute atomic E-state index is 0.315. The fraction of sp³-hybridized carbons (Fsp3) is 0.667. The van der Waals surface area contributed by atoms with Crippen LogP contribution in [0.4, 0.5) is 0 Å². The van der Waals surface area contributed by atoms with E-state index in [1.807, 2.05) is 12.2 Å². The summed E-state index contributed by atoms with van der Waals surface area (Å²) >= 11 is 0. The predicted octanol–water partition coefficient (Wildman–Crippen LogP) is 1.80. The van der Waals surface area contributed by atoms with Gasteiger partial charge in [0.15, 0.2) is 6.10 Å². The topological polar surface area (TPSA) is 52.6 Å². The summed E-state index contributed by atoms with van der Waals surface area (Å²) in [4.78, 5) is 11.2. The molecule has 1 atom stereocenters. The highest BCUT2D eigenvalue weighted by molar-refractivity contribution is 7.59. The summed E-state index contributed by atoms with van der Waals surface area (Å²) in [5.41, 5.74) is 0. The first-order valence-electron chi connectivity index (χ1n) is 4.65. The van der Waals surface area contributed by atoms with Gasteiger partial charge in [0.2, 0.25) is 7.37 Å². The van der Waals surface area contributed by atoms with E-state index in [1.165, 1.54) is 0 Å². The Morgan fingerprint density at radius 3 is 2.57 bits per heavy atom. The molecule has 0 saturated carbocycles. The number of hydrogen-bond donors (Lipinski definition) is 0. The Bertz CT molecular complexity index is 273. The molecule has 0 radical (unpaired) electrons. The van der Waals surface area contributed by atoms with Gasteiger partial charge in [-0.3, -0.25) is 4.57 Å². The van der Waals surface area contributed by atoms with E-state index in [4.69, 9.17) is 9.26 Å². The fourth-order valence-corrected chi connectivity index (χ4v) is 3.15. The lowest BCUT2D eigenvalue weighted by Gasteiger charge is -2.17. The third kappa shape index (κ3) is 2.96. The molecule has 1 aliphatic rings. The van der Waals surface area contributed by atoms with E-state index in [2.05, 4.69) is 0 Å². The van der Waals surface area contributed by atoms with E-state index < -0.39 is 19.4 Å². The van der Waals surface area contributed by atoms with Crippen molar-refractivity contribution in [2.24, 2.45) is 0 Å². The quantitative estimate of drug-likeness (QED) is 0.410. The standard InChI is InChI=1S/C9H15O4P/c1-3-12-9(10)8(2)13-14(11)6-4-5-7-14/h4-5,8H,3,6-7H2,1-2H3. The van der Waals surface area contributed by atoms with Crippen LogP contribution in [0, 0.1) is 0 Å². The Morgan fingerprint density at radius 2 is 2.07 bits per heavy atom. The lowest BCUT2D eigenvalue weighted by molar-refractivity contribution is -0.150. The van der Waals surface area contributed by atoms with Gasteiger partial charge >= 0.3 is 5.97 Å². The highest BCUT2D eigenvalue weighted by Crippen LogP contribution is 2.51. The van der Waals surface area contributed by atoms with Crippen LogP contribution in [0.5, 0.6) is 0 Å². The molecule has 0 aliphatic carbocycles. The van der Waals surface area contributed by atoms with Crippen LogP contribution >= 0.6 is 7.37 Å². The summed E-state index contributed by atoms with van der Waals surface area (Å²) in [7, 11) is -2.62. The van der Waals surface area contributed by atoms with E-state index in [1.54, 1.807) is 13.8 Å². The summed E-state index contributed by atoms with van der Waals surface area (Å²) in [6, 6.07) is 0. The van der Waals surface area contributed by atoms with E-state index in [0.717, 1.165) is 0 Å². The van der Waals surface area contributed by atoms with Crippen LogP contribution in [0.15, 0.2) is 12.2 Å². The van der Waals surface area contributed by atoms with Crippen molar-refractivity contribution in [2.45, 2.75) is 20.0 Å². The zero-order chi connectivity index (χ0) is 10.6. The molecule has 5 heteroatoms. The number of ether oxygens (including phenoxy) is 1. The maximum Gasteiger partial charge on any atom is 0.335 e. The predicted molar refractivity (Wildman–Crippen MR) is 53.7 cm³/mol. The van der Waals surface area contributed by atoms with Crippen molar-refractivity contribution in [3.63, 3.8) is 0 Å². The van der Waals surface area contributed by atoms with Crippen LogP contribution in [0.3, 0.4) is 0 Å². The van der Waals surface area contributed by atoms with Crippen molar-refractivity contribution in [1.82, 2.24) is 0 Å². The highest BCUT2D eigenvalue weighted by atomic mass is 31.2. The van der Waals surface area contributed by atoms with Crippen LogP contribution in [0.25, 0.3) is 0 Å². The number of hydrogen-bond acceptors (Lipinski definition) is 4. The van der Waals surface area contributed by atoms with Crippen LogP contribution in [-0.2, 0) is 18.6 Å². The van der Waals surface area contributed by atoms with Gasteiger partial charge in [0.25, 0.3) is 0 Å². The maximum atomic E-state index is 11.8. The normalized spacial score (nSPS) is 20.7. The minimum atomic E-state index is -2.62. The molecule has 14 heavy (non-hydrogen) atoms. The van der Waals surface area contributed by atoms with Gasteiger partial charge in [0.05, 0.1) is 6.61 Å². The summed E-state index contributed by atoms with van der Waals surface area (Å²) in [6.07, 6.45) is 3.76. The third-order valence-corrected chi connectivity index (χ3v) is 4.14. The van der Waals surface area contributed by atoms with E-state index in [0.29, 0.717) is 18.9 Å². The largest absolute Gasteiger partial charge is 0.464 e. The number of carbonyl (C=O) groups excluding carboxylic acids is 1. The molecule has 0 saturated heterocycles. The van der Waals surface area contributed by atoms with Gasteiger partial charge in [-0.05, 0) is 13.8 Å². The first kappa shape index (κ1) is 11.5. The van der Waals surface area contributed by atoms with Crippen LogP contribution in [0.2, 0.25) is 0 Å². The molecule has 1 heterocycles. The molecule has 4 nitrogen and oxygen atoms in total. The number of carbonyl (C=O) groups is 1. The molecule has 0 bridgehead atoms. The van der Waals surface area contributed by atoms with Crippen LogP contribution in [0.1, 0.15) is 13.8 Å². The van der Waals surface area contributed by atoms with E-state index in [9.17, 15) is 9.36 Å². The summed E-state index contributed by atoms with van der Waals surface area (Å²) < 4.78 is 21.8. The Kier molecular flexibility index (Phi) is 3.90. The van der Waals surface area contributed by atoms with Gasteiger partial charge in [0, 0.05) is 12.3 Å². The zero-order valence-electron chi connectivity index (χ0n) is 8.43. The molecule has 1 rings (SSSR count). The second kappa shape index (κ2) is 4.76. The maximum absolute atomic E-state index is 11.8. The molecule has 1 unspecified atom stereocenters. The van der Waals surface area contributed by atoms with E-state index in [-0.39, 0.29) is 0 Å². The molecule has 0 amide bonds. The Balaban J connectivity index is 2.44. The Morgan fingerprint density at radius 1 is 1.50 bits per heavy atom.